The van der Waals surface area contributed by atoms with Gasteiger partial charge in [0.05, 0.1) is 11.4 Å². The van der Waals surface area contributed by atoms with Crippen LogP contribution in [0.4, 0.5) is 10.2 Å². The van der Waals surface area contributed by atoms with Gasteiger partial charge in [-0.3, -0.25) is 10.2 Å². The molecular weight excluding hydrogens is 421 g/mol. The number of benzene rings is 1. The number of hydrogen-bond donors (Lipinski definition) is 3. The summed E-state index contributed by atoms with van der Waals surface area (Å²) in [6, 6.07) is 4.36. The Balaban J connectivity index is 1.65. The molecule has 3 heterocycles. The average molecular weight is 456 g/mol. The van der Waals surface area contributed by atoms with Crippen molar-refractivity contribution < 1.29 is 13.9 Å². The van der Waals surface area contributed by atoms with Crippen LogP contribution in [0.3, 0.4) is 0 Å². The Morgan fingerprint density at radius 3 is 2.52 bits per heavy atom. The Labute approximate surface area is 194 Å². The smallest absolute Gasteiger partial charge is 0.260 e. The van der Waals surface area contributed by atoms with Crippen molar-refractivity contribution in [2.45, 2.75) is 65.0 Å². The highest BCUT2D eigenvalue weighted by Gasteiger charge is 2.28. The molecule has 2 fully saturated rings. The fourth-order valence-corrected chi connectivity index (χ4v) is 4.91. The number of amidine groups is 1. The first-order valence-electron chi connectivity index (χ1n) is 11.9. The highest BCUT2D eigenvalue weighted by molar-refractivity contribution is 6.11. The number of nitrogens with zero attached hydrogens (tertiary/aromatic N) is 2. The van der Waals surface area contributed by atoms with Crippen molar-refractivity contribution in [3.63, 3.8) is 0 Å². The quantitative estimate of drug-likeness (QED) is 0.472. The topological polar surface area (TPSA) is 90.3 Å². The monoisotopic (exact) mass is 455 g/mol. The van der Waals surface area contributed by atoms with E-state index in [1.54, 1.807) is 0 Å². The molecule has 2 aliphatic rings. The van der Waals surface area contributed by atoms with Crippen LogP contribution in [-0.2, 0) is 11.2 Å². The SMILES string of the molecule is CCc1cc(F)c2nc(N3CCC(NC4CCOCC4)CC3)c(C(=O)NC(C)=N)c(C)c2c1. The highest BCUT2D eigenvalue weighted by Crippen LogP contribution is 2.32. The molecule has 1 aromatic heterocycles. The summed E-state index contributed by atoms with van der Waals surface area (Å²) in [5.41, 5.74) is 2.29. The largest absolute Gasteiger partial charge is 0.381 e. The number of carbonyl (C=O) groups excluding carboxylic acids is 1. The second-order valence-electron chi connectivity index (χ2n) is 9.16. The number of carbonyl (C=O) groups is 1. The number of aromatic nitrogens is 1. The lowest BCUT2D eigenvalue weighted by Gasteiger charge is -2.37. The van der Waals surface area contributed by atoms with E-state index in [0.717, 1.165) is 57.6 Å². The van der Waals surface area contributed by atoms with Crippen molar-refractivity contribution in [3.8, 4) is 0 Å². The molecule has 1 amide bonds. The molecule has 2 aromatic rings. The van der Waals surface area contributed by atoms with Gasteiger partial charge in [0.2, 0.25) is 0 Å². The van der Waals surface area contributed by atoms with Crippen molar-refractivity contribution in [1.82, 2.24) is 15.6 Å². The van der Waals surface area contributed by atoms with Crippen LogP contribution in [0.1, 0.15) is 61.0 Å². The van der Waals surface area contributed by atoms with E-state index in [1.807, 2.05) is 19.9 Å². The lowest BCUT2D eigenvalue weighted by molar-refractivity contribution is 0.0738. The second-order valence-corrected chi connectivity index (χ2v) is 9.16. The molecule has 2 saturated heterocycles. The van der Waals surface area contributed by atoms with E-state index in [9.17, 15) is 9.18 Å². The van der Waals surface area contributed by atoms with E-state index >= 15 is 0 Å². The zero-order valence-electron chi connectivity index (χ0n) is 19.8. The summed E-state index contributed by atoms with van der Waals surface area (Å²) in [6.45, 7) is 8.45. The normalized spacial score (nSPS) is 18.0. The maximum atomic E-state index is 15.0. The summed E-state index contributed by atoms with van der Waals surface area (Å²) in [5.74, 6) is -0.154. The minimum atomic E-state index is -0.367. The fraction of sp³-hybridized carbons (Fsp3) is 0.560. The van der Waals surface area contributed by atoms with Gasteiger partial charge in [0, 0.05) is 43.8 Å². The van der Waals surface area contributed by atoms with E-state index in [2.05, 4.69) is 20.5 Å². The van der Waals surface area contributed by atoms with Crippen molar-refractivity contribution >= 4 is 28.5 Å². The number of nitrogens with one attached hydrogen (secondary N) is 3. The third-order valence-corrected chi connectivity index (χ3v) is 6.77. The van der Waals surface area contributed by atoms with Crippen LogP contribution in [0.25, 0.3) is 10.9 Å². The molecule has 178 valence electrons. The van der Waals surface area contributed by atoms with Crippen molar-refractivity contribution in [2.75, 3.05) is 31.2 Å². The highest BCUT2D eigenvalue weighted by atomic mass is 19.1. The number of piperidine rings is 1. The Morgan fingerprint density at radius 1 is 1.21 bits per heavy atom. The zero-order valence-corrected chi connectivity index (χ0v) is 19.8. The Bertz CT molecular complexity index is 1040. The Kier molecular flexibility index (Phi) is 7.24. The van der Waals surface area contributed by atoms with Crippen LogP contribution in [0.5, 0.6) is 0 Å². The van der Waals surface area contributed by atoms with Gasteiger partial charge in [-0.1, -0.05) is 6.92 Å². The van der Waals surface area contributed by atoms with E-state index < -0.39 is 0 Å². The van der Waals surface area contributed by atoms with Crippen LogP contribution < -0.4 is 15.5 Å². The number of halogens is 1. The summed E-state index contributed by atoms with van der Waals surface area (Å²) < 4.78 is 20.4. The van der Waals surface area contributed by atoms with Gasteiger partial charge in [0.25, 0.3) is 5.91 Å². The lowest BCUT2D eigenvalue weighted by atomic mass is 9.97. The molecule has 33 heavy (non-hydrogen) atoms. The maximum Gasteiger partial charge on any atom is 0.260 e. The molecule has 0 unspecified atom stereocenters. The van der Waals surface area contributed by atoms with E-state index in [4.69, 9.17) is 10.1 Å². The van der Waals surface area contributed by atoms with Crippen molar-refractivity contribution in [1.29, 1.82) is 5.41 Å². The maximum absolute atomic E-state index is 15.0. The van der Waals surface area contributed by atoms with Gasteiger partial charge in [0.15, 0.2) is 0 Å². The van der Waals surface area contributed by atoms with Gasteiger partial charge in [-0.2, -0.15) is 0 Å². The number of amides is 1. The number of ether oxygens (including phenoxy) is 1. The summed E-state index contributed by atoms with van der Waals surface area (Å²) >= 11 is 0. The van der Waals surface area contributed by atoms with E-state index in [-0.39, 0.29) is 17.6 Å². The van der Waals surface area contributed by atoms with Crippen molar-refractivity contribution in [2.24, 2.45) is 0 Å². The third kappa shape index (κ3) is 5.17. The van der Waals surface area contributed by atoms with Crippen LogP contribution in [0.15, 0.2) is 12.1 Å². The minimum Gasteiger partial charge on any atom is -0.381 e. The van der Waals surface area contributed by atoms with E-state index in [1.165, 1.54) is 13.0 Å². The Morgan fingerprint density at radius 2 is 1.88 bits per heavy atom. The zero-order chi connectivity index (χ0) is 23.5. The first kappa shape index (κ1) is 23.6. The first-order valence-corrected chi connectivity index (χ1v) is 11.9. The summed E-state index contributed by atoms with van der Waals surface area (Å²) in [6.07, 6.45) is 4.63. The predicted molar refractivity (Wildman–Crippen MR) is 129 cm³/mol. The van der Waals surface area contributed by atoms with Crippen LogP contribution in [-0.4, -0.2) is 55.1 Å². The molecule has 0 bridgehead atoms. The van der Waals surface area contributed by atoms with Gasteiger partial charge in [-0.25, -0.2) is 9.37 Å². The Hall–Kier alpha value is -2.58. The van der Waals surface area contributed by atoms with Gasteiger partial charge in [-0.05, 0) is 69.2 Å². The molecule has 8 heteroatoms. The molecule has 0 atom stereocenters. The first-order chi connectivity index (χ1) is 15.9. The molecule has 0 saturated carbocycles. The molecule has 0 spiro atoms. The molecule has 0 aliphatic carbocycles. The van der Waals surface area contributed by atoms with Gasteiger partial charge in [0.1, 0.15) is 17.2 Å². The summed E-state index contributed by atoms with van der Waals surface area (Å²) in [4.78, 5) is 19.9. The molecule has 3 N–H and O–H groups in total. The number of anilines is 1. The lowest BCUT2D eigenvalue weighted by Crippen LogP contribution is -2.48. The molecule has 7 nitrogen and oxygen atoms in total. The number of aryl methyl sites for hydroxylation is 2. The summed E-state index contributed by atoms with van der Waals surface area (Å²) in [5, 5.41) is 14.7. The van der Waals surface area contributed by atoms with Crippen LogP contribution in [0.2, 0.25) is 0 Å². The predicted octanol–water partition coefficient (Wildman–Crippen LogP) is 3.71. The number of hydrogen-bond acceptors (Lipinski definition) is 6. The fourth-order valence-electron chi connectivity index (χ4n) is 4.91. The standard InChI is InChI=1S/C25H34FN5O2/c1-4-17-13-20-15(2)22(25(32)28-16(3)27)24(30-23(20)21(26)14-17)31-9-5-18(6-10-31)29-19-7-11-33-12-8-19/h13-14,18-19,29H,4-12H2,1-3H3,(H2,27,28,32). The number of fused-ring (bicyclic) bond motifs is 1. The van der Waals surface area contributed by atoms with Gasteiger partial charge < -0.3 is 20.3 Å². The summed E-state index contributed by atoms with van der Waals surface area (Å²) in [7, 11) is 0. The molecule has 2 aliphatic heterocycles. The van der Waals surface area contributed by atoms with Crippen LogP contribution in [0, 0.1) is 18.2 Å². The van der Waals surface area contributed by atoms with E-state index in [0.29, 0.717) is 46.4 Å². The van der Waals surface area contributed by atoms with Gasteiger partial charge in [-0.15, -0.1) is 0 Å². The number of pyridine rings is 1. The molecular formula is C25H34FN5O2. The van der Waals surface area contributed by atoms with Crippen molar-refractivity contribution in [3.05, 3.63) is 34.6 Å². The van der Waals surface area contributed by atoms with Crippen LogP contribution >= 0.6 is 0 Å². The second kappa shape index (κ2) is 10.1. The molecule has 0 radical (unpaired) electrons. The molecule has 1 aromatic carbocycles. The minimum absolute atomic E-state index is 0.0679. The third-order valence-electron chi connectivity index (χ3n) is 6.77. The average Bonchev–Trinajstić information content (AvgIpc) is 2.80. The van der Waals surface area contributed by atoms with Gasteiger partial charge >= 0.3 is 0 Å². The number of rotatable bonds is 5. The molecule has 4 rings (SSSR count).